The third-order valence-corrected chi connectivity index (χ3v) is 2.98. The molecule has 0 amide bonds. The zero-order valence-electron chi connectivity index (χ0n) is 6.44. The quantitative estimate of drug-likeness (QED) is 0.769. The molecule has 2 aromatic rings. The van der Waals surface area contributed by atoms with Gasteiger partial charge in [0.1, 0.15) is 11.8 Å². The summed E-state index contributed by atoms with van der Waals surface area (Å²) in [6, 6.07) is 7.49. The minimum atomic E-state index is 0.546. The van der Waals surface area contributed by atoms with E-state index in [1.807, 2.05) is 18.2 Å². The van der Waals surface area contributed by atoms with Gasteiger partial charge in [0.15, 0.2) is 0 Å². The van der Waals surface area contributed by atoms with Gasteiger partial charge in [0.05, 0.1) is 5.02 Å². The lowest BCUT2D eigenvalue weighted by molar-refractivity contribution is 1.37. The molecule has 0 aliphatic heterocycles. The van der Waals surface area contributed by atoms with Gasteiger partial charge >= 0.3 is 0 Å². The first-order chi connectivity index (χ1) is 6.20. The molecule has 0 spiro atoms. The van der Waals surface area contributed by atoms with Crippen LogP contribution >= 0.6 is 27.5 Å². The summed E-state index contributed by atoms with van der Waals surface area (Å²) in [6.45, 7) is 0. The molecule has 4 heteroatoms. The average molecular weight is 256 g/mol. The van der Waals surface area contributed by atoms with E-state index >= 15 is 0 Å². The van der Waals surface area contributed by atoms with Crippen molar-refractivity contribution < 1.29 is 0 Å². The highest BCUT2D eigenvalue weighted by Gasteiger charge is 2.03. The number of nitrogens with zero attached hydrogens (tertiary/aromatic N) is 1. The van der Waals surface area contributed by atoms with Crippen LogP contribution < -0.4 is 0 Å². The second-order valence-corrected chi connectivity index (χ2v) is 3.91. The van der Waals surface area contributed by atoms with E-state index in [0.29, 0.717) is 10.7 Å². The van der Waals surface area contributed by atoms with E-state index in [-0.39, 0.29) is 0 Å². The van der Waals surface area contributed by atoms with Gasteiger partial charge in [-0.25, -0.2) is 0 Å². The van der Waals surface area contributed by atoms with Gasteiger partial charge in [0, 0.05) is 15.4 Å². The third-order valence-electron chi connectivity index (χ3n) is 1.78. The van der Waals surface area contributed by atoms with Crippen molar-refractivity contribution in [3.63, 3.8) is 0 Å². The minimum absolute atomic E-state index is 0.546. The summed E-state index contributed by atoms with van der Waals surface area (Å²) in [7, 11) is 0. The predicted octanol–water partition coefficient (Wildman–Crippen LogP) is 3.46. The summed E-state index contributed by atoms with van der Waals surface area (Å²) >= 11 is 9.21. The maximum atomic E-state index is 8.65. The smallest absolute Gasteiger partial charge is 0.118 e. The van der Waals surface area contributed by atoms with Crippen molar-refractivity contribution >= 4 is 38.4 Å². The fourth-order valence-corrected chi connectivity index (χ4v) is 1.70. The minimum Gasteiger partial charge on any atom is -0.346 e. The molecule has 1 N–H and O–H groups in total. The fraction of sp³-hybridized carbons (Fsp3) is 0. The lowest BCUT2D eigenvalue weighted by atomic mass is 10.2. The molecular formula is C9H4BrClN2. The van der Waals surface area contributed by atoms with Gasteiger partial charge < -0.3 is 4.98 Å². The lowest BCUT2D eigenvalue weighted by Gasteiger charge is -1.94. The molecule has 13 heavy (non-hydrogen) atoms. The molecule has 2 rings (SSSR count). The first-order valence-corrected chi connectivity index (χ1v) is 4.75. The first kappa shape index (κ1) is 8.61. The summed E-state index contributed by atoms with van der Waals surface area (Å²) < 4.78 is 0.827. The highest BCUT2D eigenvalue weighted by atomic mass is 79.9. The maximum Gasteiger partial charge on any atom is 0.118 e. The molecule has 0 saturated heterocycles. The number of aromatic amines is 1. The number of halogens is 2. The fourth-order valence-electron chi connectivity index (χ4n) is 1.19. The Morgan fingerprint density at radius 1 is 1.38 bits per heavy atom. The SMILES string of the molecule is N#Cc1cc2cc(Cl)c(Br)cc2[nH]1. The van der Waals surface area contributed by atoms with Crippen molar-refractivity contribution in [3.8, 4) is 6.07 Å². The normalized spacial score (nSPS) is 10.2. The first-order valence-electron chi connectivity index (χ1n) is 3.58. The Morgan fingerprint density at radius 3 is 2.85 bits per heavy atom. The summed E-state index contributed by atoms with van der Waals surface area (Å²) in [5, 5.41) is 10.2. The molecule has 0 unspecified atom stereocenters. The van der Waals surface area contributed by atoms with Crippen LogP contribution in [0.25, 0.3) is 10.9 Å². The molecule has 0 aliphatic rings. The molecule has 1 aromatic heterocycles. The highest BCUT2D eigenvalue weighted by Crippen LogP contribution is 2.28. The van der Waals surface area contributed by atoms with E-state index < -0.39 is 0 Å². The van der Waals surface area contributed by atoms with Gasteiger partial charge in [0.2, 0.25) is 0 Å². The lowest BCUT2D eigenvalue weighted by Crippen LogP contribution is -1.71. The van der Waals surface area contributed by atoms with Crippen LogP contribution in [0.5, 0.6) is 0 Å². The molecule has 0 saturated carbocycles. The Labute approximate surface area is 88.3 Å². The number of H-pyrrole nitrogens is 1. The Bertz CT molecular complexity index is 471. The molecule has 1 heterocycles. The van der Waals surface area contributed by atoms with E-state index in [1.165, 1.54) is 0 Å². The monoisotopic (exact) mass is 254 g/mol. The average Bonchev–Trinajstić information content (AvgIpc) is 2.48. The topological polar surface area (TPSA) is 39.6 Å². The zero-order chi connectivity index (χ0) is 9.42. The summed E-state index contributed by atoms with van der Waals surface area (Å²) in [5.41, 5.74) is 1.46. The Balaban J connectivity index is 2.79. The van der Waals surface area contributed by atoms with Crippen LogP contribution in [0.4, 0.5) is 0 Å². The van der Waals surface area contributed by atoms with E-state index in [9.17, 15) is 0 Å². The molecule has 64 valence electrons. The van der Waals surface area contributed by atoms with Crippen molar-refractivity contribution in [2.75, 3.05) is 0 Å². The Kier molecular flexibility index (Phi) is 2.03. The van der Waals surface area contributed by atoms with Gasteiger partial charge in [-0.15, -0.1) is 0 Å². The largest absolute Gasteiger partial charge is 0.346 e. The van der Waals surface area contributed by atoms with Crippen LogP contribution in [0, 0.1) is 11.3 Å². The van der Waals surface area contributed by atoms with Gasteiger partial charge in [-0.1, -0.05) is 11.6 Å². The van der Waals surface area contributed by atoms with Gasteiger partial charge in [0.25, 0.3) is 0 Å². The van der Waals surface area contributed by atoms with E-state index in [0.717, 1.165) is 15.4 Å². The van der Waals surface area contributed by atoms with Gasteiger partial charge in [-0.05, 0) is 34.1 Å². The molecule has 0 radical (unpaired) electrons. The Hall–Kier alpha value is -0.980. The van der Waals surface area contributed by atoms with Gasteiger partial charge in [-0.2, -0.15) is 5.26 Å². The van der Waals surface area contributed by atoms with Crippen LogP contribution in [-0.4, -0.2) is 4.98 Å². The highest BCUT2D eigenvalue weighted by molar-refractivity contribution is 9.10. The van der Waals surface area contributed by atoms with Crippen LogP contribution in [0.2, 0.25) is 5.02 Å². The number of benzene rings is 1. The number of rotatable bonds is 0. The van der Waals surface area contributed by atoms with Crippen molar-refractivity contribution in [2.24, 2.45) is 0 Å². The van der Waals surface area contributed by atoms with E-state index in [2.05, 4.69) is 20.9 Å². The van der Waals surface area contributed by atoms with Crippen molar-refractivity contribution in [3.05, 3.63) is 33.4 Å². The van der Waals surface area contributed by atoms with Gasteiger partial charge in [-0.3, -0.25) is 0 Å². The zero-order valence-corrected chi connectivity index (χ0v) is 8.78. The van der Waals surface area contributed by atoms with Crippen LogP contribution in [0.15, 0.2) is 22.7 Å². The summed E-state index contributed by atoms with van der Waals surface area (Å²) in [6.07, 6.45) is 0. The molecule has 0 aliphatic carbocycles. The number of hydrogen-bond acceptors (Lipinski definition) is 1. The number of nitriles is 1. The van der Waals surface area contributed by atoms with E-state index in [4.69, 9.17) is 16.9 Å². The molecule has 1 aromatic carbocycles. The second-order valence-electron chi connectivity index (χ2n) is 2.65. The maximum absolute atomic E-state index is 8.65. The standard InChI is InChI=1S/C9H4BrClN2/c10-7-3-9-5(2-8(7)11)1-6(4-12)13-9/h1-3,13H. The number of hydrogen-bond donors (Lipinski definition) is 1. The van der Waals surface area contributed by atoms with Crippen LogP contribution in [-0.2, 0) is 0 Å². The van der Waals surface area contributed by atoms with Crippen molar-refractivity contribution in [1.82, 2.24) is 4.98 Å². The van der Waals surface area contributed by atoms with E-state index in [1.54, 1.807) is 6.07 Å². The number of fused-ring (bicyclic) bond motifs is 1. The molecule has 0 atom stereocenters. The Morgan fingerprint density at radius 2 is 2.15 bits per heavy atom. The molecule has 0 fully saturated rings. The third kappa shape index (κ3) is 1.43. The van der Waals surface area contributed by atoms with Crippen LogP contribution in [0.3, 0.4) is 0 Å². The second kappa shape index (κ2) is 3.06. The van der Waals surface area contributed by atoms with Crippen molar-refractivity contribution in [2.45, 2.75) is 0 Å². The summed E-state index contributed by atoms with van der Waals surface area (Å²) in [4.78, 5) is 2.96. The molecule has 0 bridgehead atoms. The molecule has 2 nitrogen and oxygen atoms in total. The predicted molar refractivity (Wildman–Crippen MR) is 55.7 cm³/mol. The molecular weight excluding hydrogens is 251 g/mol. The van der Waals surface area contributed by atoms with Crippen molar-refractivity contribution in [1.29, 1.82) is 5.26 Å². The van der Waals surface area contributed by atoms with Crippen LogP contribution in [0.1, 0.15) is 5.69 Å². The summed E-state index contributed by atoms with van der Waals surface area (Å²) in [5.74, 6) is 0. The number of nitrogens with one attached hydrogen (secondary N) is 1. The number of aromatic nitrogens is 1.